The molecule has 0 bridgehead atoms. The summed E-state index contributed by atoms with van der Waals surface area (Å²) in [5.41, 5.74) is 0.418. The molecule has 1 aromatic rings. The molecule has 1 aromatic carbocycles. The molecule has 1 atom stereocenters. The van der Waals surface area contributed by atoms with Gasteiger partial charge in [0.1, 0.15) is 5.75 Å². The first-order valence-corrected chi connectivity index (χ1v) is 5.06. The molecule has 0 fully saturated rings. The van der Waals surface area contributed by atoms with Crippen molar-refractivity contribution in [1.82, 2.24) is 5.32 Å². The third kappa shape index (κ3) is 4.62. The monoisotopic (exact) mass is 263 g/mol. The van der Waals surface area contributed by atoms with Crippen LogP contribution in [-0.4, -0.2) is 24.5 Å². The summed E-state index contributed by atoms with van der Waals surface area (Å²) < 4.78 is 39.9. The molecule has 7 heteroatoms. The zero-order valence-corrected chi connectivity index (χ0v) is 9.49. The average Bonchev–Trinajstić information content (AvgIpc) is 2.23. The Labute approximate surface area is 101 Å². The summed E-state index contributed by atoms with van der Waals surface area (Å²) in [6.07, 6.45) is -4.99. The van der Waals surface area contributed by atoms with Crippen molar-refractivity contribution in [3.63, 3.8) is 0 Å². The minimum atomic E-state index is -4.76. The van der Waals surface area contributed by atoms with Crippen LogP contribution in [0.25, 0.3) is 0 Å². The van der Waals surface area contributed by atoms with Gasteiger partial charge in [-0.2, -0.15) is 0 Å². The predicted molar refractivity (Wildman–Crippen MR) is 57.2 cm³/mol. The van der Waals surface area contributed by atoms with E-state index in [1.165, 1.54) is 19.2 Å². The van der Waals surface area contributed by atoms with Gasteiger partial charge >= 0.3 is 12.3 Å². The number of rotatable bonds is 5. The second kappa shape index (κ2) is 5.72. The van der Waals surface area contributed by atoms with Crippen LogP contribution in [-0.2, 0) is 4.79 Å². The largest absolute Gasteiger partial charge is 0.573 e. The zero-order chi connectivity index (χ0) is 13.8. The first kappa shape index (κ1) is 14.3. The number of hydrogen-bond acceptors (Lipinski definition) is 3. The molecule has 0 aliphatic heterocycles. The average molecular weight is 263 g/mol. The van der Waals surface area contributed by atoms with E-state index in [4.69, 9.17) is 5.11 Å². The van der Waals surface area contributed by atoms with Gasteiger partial charge in [0, 0.05) is 6.04 Å². The summed E-state index contributed by atoms with van der Waals surface area (Å²) in [5, 5.41) is 11.4. The van der Waals surface area contributed by atoms with Crippen LogP contribution in [0.3, 0.4) is 0 Å². The molecule has 2 N–H and O–H groups in total. The summed E-state index contributed by atoms with van der Waals surface area (Å²) in [6.45, 7) is 0. The number of alkyl halides is 3. The van der Waals surface area contributed by atoms with Crippen LogP contribution in [0.4, 0.5) is 13.2 Å². The lowest BCUT2D eigenvalue weighted by molar-refractivity contribution is -0.274. The molecule has 4 nitrogen and oxygen atoms in total. The van der Waals surface area contributed by atoms with E-state index < -0.39 is 18.4 Å². The number of aliphatic carboxylic acids is 1. The van der Waals surface area contributed by atoms with E-state index in [1.54, 1.807) is 0 Å². The molecular formula is C11H12F3NO3. The normalized spacial score (nSPS) is 13.1. The Hall–Kier alpha value is -1.76. The highest BCUT2D eigenvalue weighted by atomic mass is 19.4. The minimum Gasteiger partial charge on any atom is -0.481 e. The topological polar surface area (TPSA) is 58.6 Å². The standard InChI is InChI=1S/C11H12F3NO3/c1-15-9(6-10(16)17)7-3-2-4-8(5-7)18-11(12,13)14/h2-5,9,15H,6H2,1H3,(H,16,17). The molecule has 100 valence electrons. The molecule has 0 saturated carbocycles. The maximum atomic E-state index is 12.0. The number of nitrogens with one attached hydrogen (secondary N) is 1. The molecule has 0 amide bonds. The Kier molecular flexibility index (Phi) is 4.55. The van der Waals surface area contributed by atoms with Gasteiger partial charge in [-0.1, -0.05) is 12.1 Å². The van der Waals surface area contributed by atoms with E-state index in [1.807, 2.05) is 0 Å². The third-order valence-corrected chi connectivity index (χ3v) is 2.22. The van der Waals surface area contributed by atoms with E-state index >= 15 is 0 Å². The molecule has 1 rings (SSSR count). The Morgan fingerprint density at radius 1 is 1.50 bits per heavy atom. The number of ether oxygens (including phenoxy) is 1. The molecule has 0 radical (unpaired) electrons. The first-order valence-electron chi connectivity index (χ1n) is 5.06. The molecule has 1 unspecified atom stereocenters. The lowest BCUT2D eigenvalue weighted by Crippen LogP contribution is -2.20. The molecule has 0 spiro atoms. The fourth-order valence-corrected chi connectivity index (χ4v) is 1.49. The number of carbonyl (C=O) groups is 1. The number of halogens is 3. The maximum absolute atomic E-state index is 12.0. The van der Waals surface area contributed by atoms with Gasteiger partial charge in [-0.3, -0.25) is 4.79 Å². The van der Waals surface area contributed by atoms with Crippen LogP contribution in [0.2, 0.25) is 0 Å². The van der Waals surface area contributed by atoms with Gasteiger partial charge in [-0.05, 0) is 24.7 Å². The number of carboxylic acid groups (broad SMARTS) is 1. The molecule has 0 aliphatic carbocycles. The molecular weight excluding hydrogens is 251 g/mol. The van der Waals surface area contributed by atoms with E-state index in [0.717, 1.165) is 12.1 Å². The molecule has 18 heavy (non-hydrogen) atoms. The Morgan fingerprint density at radius 3 is 2.67 bits per heavy atom. The van der Waals surface area contributed by atoms with Crippen molar-refractivity contribution in [1.29, 1.82) is 0 Å². The number of benzene rings is 1. The summed E-state index contributed by atoms with van der Waals surface area (Å²) in [4.78, 5) is 10.6. The van der Waals surface area contributed by atoms with Crippen LogP contribution in [0.15, 0.2) is 24.3 Å². The second-order valence-electron chi connectivity index (χ2n) is 3.56. The SMILES string of the molecule is CNC(CC(=O)O)c1cccc(OC(F)(F)F)c1. The summed E-state index contributed by atoms with van der Waals surface area (Å²) in [7, 11) is 1.53. The highest BCUT2D eigenvalue weighted by Gasteiger charge is 2.31. The number of hydrogen-bond donors (Lipinski definition) is 2. The van der Waals surface area contributed by atoms with Gasteiger partial charge in [0.05, 0.1) is 6.42 Å². The van der Waals surface area contributed by atoms with Crippen molar-refractivity contribution in [3.8, 4) is 5.75 Å². The van der Waals surface area contributed by atoms with Crippen molar-refractivity contribution in [2.45, 2.75) is 18.8 Å². The van der Waals surface area contributed by atoms with Crippen molar-refractivity contribution < 1.29 is 27.8 Å². The summed E-state index contributed by atoms with van der Waals surface area (Å²) in [6, 6.07) is 4.66. The minimum absolute atomic E-state index is 0.230. The molecule has 0 heterocycles. The van der Waals surface area contributed by atoms with Crippen molar-refractivity contribution in [3.05, 3.63) is 29.8 Å². The van der Waals surface area contributed by atoms with Gasteiger partial charge < -0.3 is 15.2 Å². The van der Waals surface area contributed by atoms with E-state index in [-0.39, 0.29) is 12.2 Å². The smallest absolute Gasteiger partial charge is 0.481 e. The fraction of sp³-hybridized carbons (Fsp3) is 0.364. The van der Waals surface area contributed by atoms with Crippen LogP contribution in [0, 0.1) is 0 Å². The fourth-order valence-electron chi connectivity index (χ4n) is 1.49. The highest BCUT2D eigenvalue weighted by Crippen LogP contribution is 2.26. The third-order valence-electron chi connectivity index (χ3n) is 2.22. The van der Waals surface area contributed by atoms with Crippen LogP contribution in [0.5, 0.6) is 5.75 Å². The van der Waals surface area contributed by atoms with Crippen molar-refractivity contribution in [2.75, 3.05) is 7.05 Å². The van der Waals surface area contributed by atoms with E-state index in [2.05, 4.69) is 10.1 Å². The van der Waals surface area contributed by atoms with E-state index in [9.17, 15) is 18.0 Å². The summed E-state index contributed by atoms with van der Waals surface area (Å²) in [5.74, 6) is -1.41. The Balaban J connectivity index is 2.89. The quantitative estimate of drug-likeness (QED) is 0.856. The predicted octanol–water partition coefficient (Wildman–Crippen LogP) is 2.32. The van der Waals surface area contributed by atoms with Gasteiger partial charge in [0.25, 0.3) is 0 Å². The van der Waals surface area contributed by atoms with Gasteiger partial charge in [-0.15, -0.1) is 13.2 Å². The first-order chi connectivity index (χ1) is 8.31. The Bertz CT molecular complexity index is 420. The van der Waals surface area contributed by atoms with Crippen LogP contribution < -0.4 is 10.1 Å². The molecule has 0 aliphatic rings. The van der Waals surface area contributed by atoms with Gasteiger partial charge in [0.15, 0.2) is 0 Å². The summed E-state index contributed by atoms with van der Waals surface area (Å²) >= 11 is 0. The maximum Gasteiger partial charge on any atom is 0.573 e. The van der Waals surface area contributed by atoms with Crippen LogP contribution in [0.1, 0.15) is 18.0 Å². The molecule has 0 saturated heterocycles. The molecule has 0 aromatic heterocycles. The lowest BCUT2D eigenvalue weighted by atomic mass is 10.0. The number of carboxylic acids is 1. The zero-order valence-electron chi connectivity index (χ0n) is 9.49. The second-order valence-corrected chi connectivity index (χ2v) is 3.56. The highest BCUT2D eigenvalue weighted by molar-refractivity contribution is 5.68. The van der Waals surface area contributed by atoms with Crippen molar-refractivity contribution in [2.24, 2.45) is 0 Å². The van der Waals surface area contributed by atoms with Crippen LogP contribution >= 0.6 is 0 Å². The lowest BCUT2D eigenvalue weighted by Gasteiger charge is -2.16. The van der Waals surface area contributed by atoms with Gasteiger partial charge in [-0.25, -0.2) is 0 Å². The van der Waals surface area contributed by atoms with Gasteiger partial charge in [0.2, 0.25) is 0 Å². The Morgan fingerprint density at radius 2 is 2.17 bits per heavy atom. The van der Waals surface area contributed by atoms with Crippen molar-refractivity contribution >= 4 is 5.97 Å². The van der Waals surface area contributed by atoms with E-state index in [0.29, 0.717) is 5.56 Å².